The van der Waals surface area contributed by atoms with Crippen molar-refractivity contribution < 1.29 is 18.0 Å². The number of sulfone groups is 1. The molecule has 0 aromatic heterocycles. The highest BCUT2D eigenvalue weighted by Gasteiger charge is 2.23. The summed E-state index contributed by atoms with van der Waals surface area (Å²) >= 11 is 0. The lowest BCUT2D eigenvalue weighted by molar-refractivity contribution is 0.0817. The first kappa shape index (κ1) is 23.3. The normalized spacial score (nSPS) is 11.3. The van der Waals surface area contributed by atoms with Crippen LogP contribution in [0, 0.1) is 13.8 Å². The third-order valence-corrected chi connectivity index (χ3v) is 6.88. The highest BCUT2D eigenvalue weighted by atomic mass is 32.2. The fourth-order valence-electron chi connectivity index (χ4n) is 4.19. The molecule has 4 aromatic carbocycles. The average Bonchev–Trinajstić information content (AvgIpc) is 2.83. The maximum absolute atomic E-state index is 13.3. The maximum Gasteiger partial charge on any atom is 0.234 e. The molecule has 0 unspecified atom stereocenters. The molecule has 0 spiro atoms. The predicted molar refractivity (Wildman–Crippen MR) is 135 cm³/mol. The maximum atomic E-state index is 13.3. The van der Waals surface area contributed by atoms with Crippen molar-refractivity contribution in [2.75, 3.05) is 6.26 Å². The number of hydrogen-bond donors (Lipinski definition) is 0. The molecule has 0 amide bonds. The van der Waals surface area contributed by atoms with E-state index < -0.39 is 21.4 Å². The van der Waals surface area contributed by atoms with E-state index in [4.69, 9.17) is 0 Å². The van der Waals surface area contributed by atoms with E-state index in [1.807, 2.05) is 38.1 Å². The monoisotopic (exact) mass is 468 g/mol. The Labute approximate surface area is 199 Å². The van der Waals surface area contributed by atoms with Gasteiger partial charge in [0.25, 0.3) is 0 Å². The summed E-state index contributed by atoms with van der Waals surface area (Å²) in [5.74, 6) is -1.13. The molecule has 0 bridgehead atoms. The second-order valence-electron chi connectivity index (χ2n) is 8.37. The quantitative estimate of drug-likeness (QED) is 0.253. The number of rotatable bonds is 6. The van der Waals surface area contributed by atoms with Gasteiger partial charge in [-0.15, -0.1) is 0 Å². The molecule has 0 atom stereocenters. The van der Waals surface area contributed by atoms with Crippen molar-refractivity contribution in [2.45, 2.75) is 18.7 Å². The van der Waals surface area contributed by atoms with Crippen molar-refractivity contribution in [1.29, 1.82) is 0 Å². The molecule has 0 aliphatic heterocycles. The molecule has 4 aromatic rings. The molecule has 4 rings (SSSR count). The van der Waals surface area contributed by atoms with E-state index in [-0.39, 0.29) is 4.90 Å². The lowest BCUT2D eigenvalue weighted by Gasteiger charge is -2.17. The van der Waals surface area contributed by atoms with E-state index >= 15 is 0 Å². The second kappa shape index (κ2) is 9.20. The molecule has 0 N–H and O–H groups in total. The van der Waals surface area contributed by atoms with Gasteiger partial charge in [-0.05, 0) is 53.8 Å². The highest BCUT2D eigenvalue weighted by Crippen LogP contribution is 2.38. The molecule has 0 heterocycles. The second-order valence-corrected chi connectivity index (χ2v) is 10.4. The molecular formula is C29H24O4S. The zero-order chi connectivity index (χ0) is 24.5. The van der Waals surface area contributed by atoms with Crippen LogP contribution in [0.4, 0.5) is 0 Å². The van der Waals surface area contributed by atoms with Crippen LogP contribution >= 0.6 is 0 Å². The first-order valence-corrected chi connectivity index (χ1v) is 12.7. The first-order valence-electron chi connectivity index (χ1n) is 10.8. The number of benzene rings is 4. The first-order chi connectivity index (χ1) is 16.2. The molecule has 0 saturated carbocycles. The van der Waals surface area contributed by atoms with Crippen LogP contribution < -0.4 is 0 Å². The van der Waals surface area contributed by atoms with Crippen molar-refractivity contribution >= 4 is 21.4 Å². The van der Waals surface area contributed by atoms with Gasteiger partial charge in [0, 0.05) is 17.4 Å². The SMILES string of the molecule is Cc1cc(C)c(-c2ccc(S(C)(=O)=O)cc2)c(-c2ccccc2C(=O)C(=O)c2ccccc2)c1. The fraction of sp³-hybridized carbons (Fsp3) is 0.103. The minimum atomic E-state index is -3.32. The van der Waals surface area contributed by atoms with Gasteiger partial charge in [0.15, 0.2) is 9.84 Å². The van der Waals surface area contributed by atoms with Crippen LogP contribution in [0.15, 0.2) is 95.9 Å². The van der Waals surface area contributed by atoms with E-state index in [1.165, 1.54) is 6.26 Å². The van der Waals surface area contributed by atoms with E-state index in [1.54, 1.807) is 66.7 Å². The molecule has 0 aliphatic carbocycles. The molecule has 0 fully saturated rings. The number of ketones is 2. The Kier molecular flexibility index (Phi) is 6.31. The fourth-order valence-corrected chi connectivity index (χ4v) is 4.82. The number of Topliss-reactive ketones (excluding diaryl/α,β-unsaturated/α-hetero) is 2. The van der Waals surface area contributed by atoms with Crippen molar-refractivity contribution in [1.82, 2.24) is 0 Å². The Morgan fingerprint density at radius 3 is 1.94 bits per heavy atom. The minimum Gasteiger partial charge on any atom is -0.285 e. The predicted octanol–water partition coefficient (Wildman–Crippen LogP) is 6.11. The summed E-state index contributed by atoms with van der Waals surface area (Å²) < 4.78 is 23.8. The summed E-state index contributed by atoms with van der Waals surface area (Å²) in [5, 5.41) is 0. The number of aryl methyl sites for hydroxylation is 2. The molecule has 4 nitrogen and oxygen atoms in total. The molecule has 34 heavy (non-hydrogen) atoms. The van der Waals surface area contributed by atoms with Crippen LogP contribution in [0.25, 0.3) is 22.3 Å². The smallest absolute Gasteiger partial charge is 0.234 e. The number of carbonyl (C=O) groups excluding carboxylic acids is 2. The van der Waals surface area contributed by atoms with Gasteiger partial charge < -0.3 is 0 Å². The van der Waals surface area contributed by atoms with Crippen molar-refractivity contribution in [2.24, 2.45) is 0 Å². The summed E-state index contributed by atoms with van der Waals surface area (Å²) in [5.41, 5.74) is 5.86. The van der Waals surface area contributed by atoms with Crippen molar-refractivity contribution in [3.05, 3.63) is 113 Å². The van der Waals surface area contributed by atoms with Gasteiger partial charge in [-0.2, -0.15) is 0 Å². The van der Waals surface area contributed by atoms with Gasteiger partial charge in [0.1, 0.15) is 0 Å². The third-order valence-electron chi connectivity index (χ3n) is 5.76. The van der Waals surface area contributed by atoms with Crippen LogP contribution in [0.3, 0.4) is 0 Å². The van der Waals surface area contributed by atoms with Gasteiger partial charge in [-0.1, -0.05) is 84.4 Å². The van der Waals surface area contributed by atoms with Crippen LogP contribution in [0.2, 0.25) is 0 Å². The lowest BCUT2D eigenvalue weighted by atomic mass is 9.86. The van der Waals surface area contributed by atoms with E-state index in [0.29, 0.717) is 16.7 Å². The van der Waals surface area contributed by atoms with Gasteiger partial charge in [-0.25, -0.2) is 8.42 Å². The Bertz CT molecular complexity index is 1500. The van der Waals surface area contributed by atoms with Gasteiger partial charge >= 0.3 is 0 Å². The summed E-state index contributed by atoms with van der Waals surface area (Å²) in [4.78, 5) is 26.5. The molecule has 0 aliphatic rings. The van der Waals surface area contributed by atoms with E-state index in [0.717, 1.165) is 27.8 Å². The largest absolute Gasteiger partial charge is 0.285 e. The van der Waals surface area contributed by atoms with Crippen LogP contribution in [-0.4, -0.2) is 26.2 Å². The molecule has 0 saturated heterocycles. The summed E-state index contributed by atoms with van der Waals surface area (Å²) in [6.45, 7) is 3.96. The molecule has 0 radical (unpaired) electrons. The zero-order valence-corrected chi connectivity index (χ0v) is 20.0. The van der Waals surface area contributed by atoms with E-state index in [2.05, 4.69) is 0 Å². The highest BCUT2D eigenvalue weighted by molar-refractivity contribution is 7.90. The van der Waals surface area contributed by atoms with Gasteiger partial charge in [0.2, 0.25) is 11.6 Å². The Morgan fingerprint density at radius 2 is 1.29 bits per heavy atom. The summed E-state index contributed by atoms with van der Waals surface area (Å²) in [7, 11) is -3.32. The Morgan fingerprint density at radius 1 is 0.676 bits per heavy atom. The third kappa shape index (κ3) is 4.61. The van der Waals surface area contributed by atoms with Crippen LogP contribution in [-0.2, 0) is 9.84 Å². The lowest BCUT2D eigenvalue weighted by Crippen LogP contribution is -2.15. The van der Waals surface area contributed by atoms with Crippen molar-refractivity contribution in [3.63, 3.8) is 0 Å². The van der Waals surface area contributed by atoms with Crippen LogP contribution in [0.1, 0.15) is 31.8 Å². The molecule has 170 valence electrons. The summed E-state index contributed by atoms with van der Waals surface area (Å²) in [6.07, 6.45) is 1.18. The standard InChI is InChI=1S/C29H24O4S/c1-19-17-20(2)27(21-13-15-23(16-14-21)34(3,32)33)26(18-19)24-11-7-8-12-25(24)29(31)28(30)22-9-5-4-6-10-22/h4-18H,1-3H3. The van der Waals surface area contributed by atoms with Gasteiger partial charge in [0.05, 0.1) is 4.90 Å². The Balaban J connectivity index is 1.89. The minimum absolute atomic E-state index is 0.242. The number of carbonyl (C=O) groups is 2. The topological polar surface area (TPSA) is 68.3 Å². The Hall–Kier alpha value is -3.83. The van der Waals surface area contributed by atoms with Gasteiger partial charge in [-0.3, -0.25) is 9.59 Å². The van der Waals surface area contributed by atoms with E-state index in [9.17, 15) is 18.0 Å². The summed E-state index contributed by atoms with van der Waals surface area (Å²) in [6, 6.07) is 26.4. The molecule has 5 heteroatoms. The molecular weight excluding hydrogens is 444 g/mol. The average molecular weight is 469 g/mol. The van der Waals surface area contributed by atoms with Crippen molar-refractivity contribution in [3.8, 4) is 22.3 Å². The van der Waals surface area contributed by atoms with Crippen LogP contribution in [0.5, 0.6) is 0 Å². The number of hydrogen-bond acceptors (Lipinski definition) is 4. The zero-order valence-electron chi connectivity index (χ0n) is 19.2.